The normalized spacial score (nSPS) is 12.6. The Hall–Kier alpha value is -0.0500. The largest absolute Gasteiger partial charge is 0.356 e. The van der Waals surface area contributed by atoms with Crippen molar-refractivity contribution in [3.05, 3.63) is 0 Å². The van der Waals surface area contributed by atoms with Gasteiger partial charge in [0.1, 0.15) is 0 Å². The van der Waals surface area contributed by atoms with Crippen LogP contribution in [-0.4, -0.2) is 17.8 Å². The number of hydrogen-bond donors (Lipinski definition) is 1. The fraction of sp³-hybridized carbons (Fsp3) is 0.923. The second-order valence-corrected chi connectivity index (χ2v) is 6.42. The van der Waals surface area contributed by atoms with Crippen molar-refractivity contribution < 1.29 is 4.79 Å². The van der Waals surface area contributed by atoms with Crippen LogP contribution < -0.4 is 5.32 Å². The molecule has 0 aromatic carbocycles. The van der Waals surface area contributed by atoms with E-state index >= 15 is 0 Å². The van der Waals surface area contributed by atoms with E-state index in [4.69, 9.17) is 0 Å². The molecule has 1 N–H and O–H groups in total. The number of carbonyl (C=O) groups is 1. The van der Waals surface area contributed by atoms with Crippen molar-refractivity contribution in [3.8, 4) is 0 Å². The van der Waals surface area contributed by atoms with Crippen LogP contribution in [0.25, 0.3) is 0 Å². The van der Waals surface area contributed by atoms with E-state index in [9.17, 15) is 4.79 Å². The summed E-state index contributed by atoms with van der Waals surface area (Å²) < 4.78 is 0. The summed E-state index contributed by atoms with van der Waals surface area (Å²) in [7, 11) is 0. The Kier molecular flexibility index (Phi) is 6.61. The molecule has 0 spiro atoms. The molecule has 0 aromatic heterocycles. The molecule has 0 saturated carbocycles. The van der Waals surface area contributed by atoms with Crippen molar-refractivity contribution in [2.24, 2.45) is 10.8 Å². The number of carbonyl (C=O) groups excluding carboxylic acids is 1. The molecule has 0 aromatic rings. The average Bonchev–Trinajstić information content (AvgIpc) is 2.18. The molecule has 0 atom stereocenters. The lowest BCUT2D eigenvalue weighted by molar-refractivity contribution is -0.123. The first-order valence-electron chi connectivity index (χ1n) is 6.11. The van der Waals surface area contributed by atoms with Crippen LogP contribution in [0.5, 0.6) is 0 Å². The second kappa shape index (κ2) is 6.63. The van der Waals surface area contributed by atoms with Gasteiger partial charge in [-0.15, -0.1) is 0 Å². The predicted molar refractivity (Wildman–Crippen MR) is 73.9 cm³/mol. The number of alkyl halides is 1. The molecule has 0 radical (unpaired) electrons. The highest BCUT2D eigenvalue weighted by molar-refractivity contribution is 9.09. The van der Waals surface area contributed by atoms with Gasteiger partial charge in [0.15, 0.2) is 0 Å². The first-order chi connectivity index (χ1) is 7.28. The van der Waals surface area contributed by atoms with Crippen molar-refractivity contribution in [1.82, 2.24) is 5.32 Å². The summed E-state index contributed by atoms with van der Waals surface area (Å²) in [6.07, 6.45) is 2.77. The van der Waals surface area contributed by atoms with Crippen LogP contribution in [0, 0.1) is 10.8 Å². The predicted octanol–water partition coefficient (Wildman–Crippen LogP) is 3.74. The summed E-state index contributed by atoms with van der Waals surface area (Å²) in [6.45, 7) is 11.4. The standard InChI is InChI=1S/C13H26BrNO/c1-6-13(7-2,9-14)10-15-11(16)8-12(3,4)5/h6-10H2,1-5H3,(H,15,16). The van der Waals surface area contributed by atoms with Gasteiger partial charge in [-0.1, -0.05) is 50.5 Å². The van der Waals surface area contributed by atoms with Crippen LogP contribution in [-0.2, 0) is 4.79 Å². The van der Waals surface area contributed by atoms with Crippen LogP contribution in [0.15, 0.2) is 0 Å². The topological polar surface area (TPSA) is 29.1 Å². The molecule has 0 bridgehead atoms. The van der Waals surface area contributed by atoms with Crippen LogP contribution in [0.4, 0.5) is 0 Å². The lowest BCUT2D eigenvalue weighted by Gasteiger charge is -2.30. The maximum Gasteiger partial charge on any atom is 0.220 e. The van der Waals surface area contributed by atoms with E-state index in [1.165, 1.54) is 0 Å². The molecule has 0 aliphatic heterocycles. The maximum atomic E-state index is 11.7. The van der Waals surface area contributed by atoms with Crippen LogP contribution >= 0.6 is 15.9 Å². The lowest BCUT2D eigenvalue weighted by atomic mass is 9.84. The van der Waals surface area contributed by atoms with Crippen molar-refractivity contribution in [2.75, 3.05) is 11.9 Å². The van der Waals surface area contributed by atoms with Gasteiger partial charge in [-0.3, -0.25) is 4.79 Å². The summed E-state index contributed by atoms with van der Waals surface area (Å²) in [4.78, 5) is 11.7. The summed E-state index contributed by atoms with van der Waals surface area (Å²) >= 11 is 3.55. The third-order valence-electron chi connectivity index (χ3n) is 3.13. The zero-order valence-corrected chi connectivity index (χ0v) is 12.9. The van der Waals surface area contributed by atoms with Gasteiger partial charge in [-0.25, -0.2) is 0 Å². The zero-order valence-electron chi connectivity index (χ0n) is 11.3. The molecule has 0 aliphatic rings. The minimum atomic E-state index is 0.0690. The number of amides is 1. The van der Waals surface area contributed by atoms with E-state index in [-0.39, 0.29) is 16.7 Å². The monoisotopic (exact) mass is 291 g/mol. The van der Waals surface area contributed by atoms with Crippen molar-refractivity contribution in [1.29, 1.82) is 0 Å². The molecule has 0 aliphatic carbocycles. The van der Waals surface area contributed by atoms with Gasteiger partial charge in [-0.2, -0.15) is 0 Å². The van der Waals surface area contributed by atoms with Crippen molar-refractivity contribution in [3.63, 3.8) is 0 Å². The molecular formula is C13H26BrNO. The first kappa shape index (κ1) is 16.0. The Morgan fingerprint density at radius 2 is 1.69 bits per heavy atom. The molecule has 16 heavy (non-hydrogen) atoms. The van der Waals surface area contributed by atoms with Gasteiger partial charge < -0.3 is 5.32 Å². The van der Waals surface area contributed by atoms with Crippen molar-refractivity contribution >= 4 is 21.8 Å². The van der Waals surface area contributed by atoms with Gasteiger partial charge in [0.05, 0.1) is 0 Å². The number of hydrogen-bond acceptors (Lipinski definition) is 1. The summed E-state index contributed by atoms with van der Waals surface area (Å²) in [5, 5.41) is 4.01. The zero-order chi connectivity index (χ0) is 12.8. The Morgan fingerprint density at radius 3 is 2.00 bits per heavy atom. The van der Waals surface area contributed by atoms with Gasteiger partial charge in [0.25, 0.3) is 0 Å². The van der Waals surface area contributed by atoms with E-state index in [1.807, 2.05) is 0 Å². The van der Waals surface area contributed by atoms with E-state index < -0.39 is 0 Å². The molecule has 0 saturated heterocycles. The average molecular weight is 292 g/mol. The molecule has 0 unspecified atom stereocenters. The molecular weight excluding hydrogens is 266 g/mol. The third-order valence-corrected chi connectivity index (χ3v) is 4.32. The fourth-order valence-electron chi connectivity index (χ4n) is 1.57. The highest BCUT2D eigenvalue weighted by Crippen LogP contribution is 2.28. The smallest absolute Gasteiger partial charge is 0.220 e. The Bertz CT molecular complexity index is 208. The minimum absolute atomic E-state index is 0.0690. The number of halogens is 1. The summed E-state index contributed by atoms with van der Waals surface area (Å²) in [6, 6.07) is 0. The van der Waals surface area contributed by atoms with Gasteiger partial charge in [0.2, 0.25) is 5.91 Å². The molecule has 3 heteroatoms. The summed E-state index contributed by atoms with van der Waals surface area (Å²) in [5.74, 6) is 0.166. The van der Waals surface area contributed by atoms with E-state index in [2.05, 4.69) is 55.9 Å². The first-order valence-corrected chi connectivity index (χ1v) is 7.23. The van der Waals surface area contributed by atoms with E-state index in [0.717, 1.165) is 24.7 Å². The van der Waals surface area contributed by atoms with Gasteiger partial charge >= 0.3 is 0 Å². The quantitative estimate of drug-likeness (QED) is 0.742. The molecule has 0 heterocycles. The highest BCUT2D eigenvalue weighted by Gasteiger charge is 2.26. The SMILES string of the molecule is CCC(CC)(CBr)CNC(=O)CC(C)(C)C. The third kappa shape index (κ3) is 5.88. The van der Waals surface area contributed by atoms with Crippen molar-refractivity contribution in [2.45, 2.75) is 53.9 Å². The Balaban J connectivity index is 4.17. The second-order valence-electron chi connectivity index (χ2n) is 5.85. The lowest BCUT2D eigenvalue weighted by Crippen LogP contribution is -2.39. The van der Waals surface area contributed by atoms with Gasteiger partial charge in [0, 0.05) is 18.3 Å². The number of nitrogens with one attached hydrogen (secondary N) is 1. The van der Waals surface area contributed by atoms with Crippen LogP contribution in [0.1, 0.15) is 53.9 Å². The molecule has 0 fully saturated rings. The fourth-order valence-corrected chi connectivity index (χ4v) is 2.56. The highest BCUT2D eigenvalue weighted by atomic mass is 79.9. The molecule has 1 amide bonds. The molecule has 96 valence electrons. The van der Waals surface area contributed by atoms with Crippen LogP contribution in [0.2, 0.25) is 0 Å². The van der Waals surface area contributed by atoms with E-state index in [1.54, 1.807) is 0 Å². The Morgan fingerprint density at radius 1 is 1.19 bits per heavy atom. The van der Waals surface area contributed by atoms with Gasteiger partial charge in [-0.05, 0) is 23.7 Å². The van der Waals surface area contributed by atoms with Crippen LogP contribution in [0.3, 0.4) is 0 Å². The molecule has 2 nitrogen and oxygen atoms in total. The molecule has 0 rings (SSSR count). The summed E-state index contributed by atoms with van der Waals surface area (Å²) in [5.41, 5.74) is 0.285. The minimum Gasteiger partial charge on any atom is -0.356 e. The maximum absolute atomic E-state index is 11.7. The Labute approximate surface area is 109 Å². The van der Waals surface area contributed by atoms with E-state index in [0.29, 0.717) is 6.42 Å². The number of rotatable bonds is 6.